The van der Waals surface area contributed by atoms with Gasteiger partial charge in [0.2, 0.25) is 0 Å². The van der Waals surface area contributed by atoms with Crippen LogP contribution in [0, 0.1) is 0 Å². The van der Waals surface area contributed by atoms with Gasteiger partial charge in [0.15, 0.2) is 0 Å². The second kappa shape index (κ2) is 4.97. The first-order valence-corrected chi connectivity index (χ1v) is 8.04. The molecule has 2 aliphatic carbocycles. The molecule has 98 valence electrons. The maximum absolute atomic E-state index is 6.00. The molecule has 0 aromatic heterocycles. The highest BCUT2D eigenvalue weighted by Crippen LogP contribution is 2.45. The van der Waals surface area contributed by atoms with Crippen LogP contribution in [0.25, 0.3) is 0 Å². The molecule has 1 aromatic carbocycles. The smallest absolute Gasteiger partial charge is 0.0213 e. The van der Waals surface area contributed by atoms with Gasteiger partial charge in [0.05, 0.1) is 0 Å². The van der Waals surface area contributed by atoms with E-state index in [0.717, 1.165) is 12.5 Å². The van der Waals surface area contributed by atoms with E-state index < -0.39 is 0 Å². The van der Waals surface area contributed by atoms with Gasteiger partial charge in [0.1, 0.15) is 0 Å². The van der Waals surface area contributed by atoms with Crippen LogP contribution in [0.5, 0.6) is 0 Å². The molecule has 18 heavy (non-hydrogen) atoms. The summed E-state index contributed by atoms with van der Waals surface area (Å²) in [6.07, 6.45) is 9.37. The lowest BCUT2D eigenvalue weighted by atomic mass is 9.64. The summed E-state index contributed by atoms with van der Waals surface area (Å²) in [7, 11) is 0. The van der Waals surface area contributed by atoms with E-state index in [1.807, 2.05) is 0 Å². The van der Waals surface area contributed by atoms with Crippen molar-refractivity contribution >= 4 is 15.9 Å². The molecule has 0 unspecified atom stereocenters. The largest absolute Gasteiger partial charge is 0.330 e. The zero-order valence-corrected chi connectivity index (χ0v) is 12.5. The van der Waals surface area contributed by atoms with Crippen LogP contribution in [0.3, 0.4) is 0 Å². The molecule has 2 N–H and O–H groups in total. The van der Waals surface area contributed by atoms with Crippen molar-refractivity contribution in [3.05, 3.63) is 33.8 Å². The van der Waals surface area contributed by atoms with Crippen molar-refractivity contribution in [2.45, 2.75) is 56.3 Å². The fourth-order valence-corrected chi connectivity index (χ4v) is 4.34. The lowest BCUT2D eigenvalue weighted by Gasteiger charge is -2.41. The summed E-state index contributed by atoms with van der Waals surface area (Å²) in [6.45, 7) is 0.794. The van der Waals surface area contributed by atoms with E-state index in [1.54, 1.807) is 0 Å². The van der Waals surface area contributed by atoms with Crippen LogP contribution in [0.1, 0.15) is 62.0 Å². The predicted molar refractivity (Wildman–Crippen MR) is 79.9 cm³/mol. The zero-order chi connectivity index (χ0) is 12.6. The van der Waals surface area contributed by atoms with Gasteiger partial charge in [-0.3, -0.25) is 0 Å². The molecule has 0 saturated heterocycles. The summed E-state index contributed by atoms with van der Waals surface area (Å²) in [5, 5.41) is 0. The Labute approximate surface area is 118 Å². The zero-order valence-electron chi connectivity index (χ0n) is 10.9. The molecular formula is C16H22BrN. The standard InChI is InChI=1S/C16H22BrN/c17-15-10-13(16(11-18)8-3-9-16)6-7-14(15)12-4-1-2-5-12/h6-7,10,12H,1-5,8-9,11,18H2. The van der Waals surface area contributed by atoms with Crippen molar-refractivity contribution in [1.82, 2.24) is 0 Å². The maximum atomic E-state index is 6.00. The van der Waals surface area contributed by atoms with Gasteiger partial charge in [0, 0.05) is 16.4 Å². The molecule has 0 amide bonds. The molecule has 2 aliphatic rings. The summed E-state index contributed by atoms with van der Waals surface area (Å²) >= 11 is 3.79. The van der Waals surface area contributed by atoms with Gasteiger partial charge in [-0.1, -0.05) is 47.3 Å². The van der Waals surface area contributed by atoms with Crippen molar-refractivity contribution in [3.63, 3.8) is 0 Å². The summed E-state index contributed by atoms with van der Waals surface area (Å²) in [4.78, 5) is 0. The average Bonchev–Trinajstić information content (AvgIpc) is 2.82. The maximum Gasteiger partial charge on any atom is 0.0213 e. The van der Waals surface area contributed by atoms with E-state index in [0.29, 0.717) is 0 Å². The third-order valence-corrected chi connectivity index (χ3v) is 5.80. The number of benzene rings is 1. The minimum absolute atomic E-state index is 0.288. The van der Waals surface area contributed by atoms with E-state index in [2.05, 4.69) is 34.1 Å². The van der Waals surface area contributed by atoms with Gasteiger partial charge in [-0.25, -0.2) is 0 Å². The molecule has 0 radical (unpaired) electrons. The molecule has 3 rings (SSSR count). The Kier molecular flexibility index (Phi) is 3.50. The fourth-order valence-electron chi connectivity index (χ4n) is 3.64. The Morgan fingerprint density at radius 3 is 2.39 bits per heavy atom. The number of hydrogen-bond acceptors (Lipinski definition) is 1. The van der Waals surface area contributed by atoms with E-state index in [9.17, 15) is 0 Å². The fraction of sp³-hybridized carbons (Fsp3) is 0.625. The highest BCUT2D eigenvalue weighted by atomic mass is 79.9. The number of halogens is 1. The quantitative estimate of drug-likeness (QED) is 0.875. The van der Waals surface area contributed by atoms with Crippen molar-refractivity contribution in [1.29, 1.82) is 0 Å². The summed E-state index contributed by atoms with van der Waals surface area (Å²) < 4.78 is 1.31. The van der Waals surface area contributed by atoms with Gasteiger partial charge >= 0.3 is 0 Å². The normalized spacial score (nSPS) is 23.0. The number of rotatable bonds is 3. The Hall–Kier alpha value is -0.340. The topological polar surface area (TPSA) is 26.0 Å². The van der Waals surface area contributed by atoms with Crippen molar-refractivity contribution in [2.24, 2.45) is 5.73 Å². The van der Waals surface area contributed by atoms with Crippen LogP contribution in [-0.4, -0.2) is 6.54 Å². The van der Waals surface area contributed by atoms with Crippen LogP contribution in [0.4, 0.5) is 0 Å². The molecule has 2 heteroatoms. The first-order chi connectivity index (χ1) is 8.75. The summed E-state index contributed by atoms with van der Waals surface area (Å²) in [5.41, 5.74) is 9.25. The van der Waals surface area contributed by atoms with Crippen LogP contribution < -0.4 is 5.73 Å². The molecule has 0 spiro atoms. The molecule has 0 heterocycles. The lowest BCUT2D eigenvalue weighted by Crippen LogP contribution is -2.41. The minimum Gasteiger partial charge on any atom is -0.330 e. The predicted octanol–water partition coefficient (Wildman–Crippen LogP) is 4.49. The van der Waals surface area contributed by atoms with Crippen LogP contribution in [0.2, 0.25) is 0 Å². The molecule has 0 aliphatic heterocycles. The molecule has 1 aromatic rings. The Morgan fingerprint density at radius 2 is 1.89 bits per heavy atom. The molecular weight excluding hydrogens is 286 g/mol. The first-order valence-electron chi connectivity index (χ1n) is 7.25. The van der Waals surface area contributed by atoms with Gasteiger partial charge in [-0.2, -0.15) is 0 Å². The first kappa shape index (κ1) is 12.7. The average molecular weight is 308 g/mol. The van der Waals surface area contributed by atoms with Gasteiger partial charge < -0.3 is 5.73 Å². The molecule has 0 atom stereocenters. The Morgan fingerprint density at radius 1 is 1.17 bits per heavy atom. The van der Waals surface area contributed by atoms with E-state index in [4.69, 9.17) is 5.73 Å². The third kappa shape index (κ3) is 2.04. The monoisotopic (exact) mass is 307 g/mol. The van der Waals surface area contributed by atoms with E-state index in [-0.39, 0.29) is 5.41 Å². The lowest BCUT2D eigenvalue weighted by molar-refractivity contribution is 0.253. The van der Waals surface area contributed by atoms with Crippen LogP contribution in [0.15, 0.2) is 22.7 Å². The molecule has 2 saturated carbocycles. The number of nitrogens with two attached hydrogens (primary N) is 1. The van der Waals surface area contributed by atoms with Crippen molar-refractivity contribution in [2.75, 3.05) is 6.54 Å². The van der Waals surface area contributed by atoms with Crippen LogP contribution in [-0.2, 0) is 5.41 Å². The van der Waals surface area contributed by atoms with Crippen LogP contribution >= 0.6 is 15.9 Å². The number of hydrogen-bond donors (Lipinski definition) is 1. The summed E-state index contributed by atoms with van der Waals surface area (Å²) in [6, 6.07) is 7.04. The van der Waals surface area contributed by atoms with Gasteiger partial charge in [0.25, 0.3) is 0 Å². The highest BCUT2D eigenvalue weighted by Gasteiger charge is 2.37. The van der Waals surface area contributed by atoms with Gasteiger partial charge in [-0.05, 0) is 48.8 Å². The van der Waals surface area contributed by atoms with Gasteiger partial charge in [-0.15, -0.1) is 0 Å². The SMILES string of the molecule is NCC1(c2ccc(C3CCCC3)c(Br)c2)CCC1. The second-order valence-corrected chi connectivity index (χ2v) is 6.91. The molecule has 2 fully saturated rings. The van der Waals surface area contributed by atoms with Crippen molar-refractivity contribution in [3.8, 4) is 0 Å². The molecule has 1 nitrogen and oxygen atoms in total. The van der Waals surface area contributed by atoms with E-state index in [1.165, 1.54) is 60.5 Å². The summed E-state index contributed by atoms with van der Waals surface area (Å²) in [5.74, 6) is 0.781. The molecule has 0 bridgehead atoms. The second-order valence-electron chi connectivity index (χ2n) is 6.06. The Bertz CT molecular complexity index is 425. The van der Waals surface area contributed by atoms with Crippen molar-refractivity contribution < 1.29 is 0 Å². The third-order valence-electron chi connectivity index (χ3n) is 5.11. The minimum atomic E-state index is 0.288. The highest BCUT2D eigenvalue weighted by molar-refractivity contribution is 9.10. The van der Waals surface area contributed by atoms with E-state index >= 15 is 0 Å². The Balaban J connectivity index is 1.88.